The number of rotatable bonds is 8. The summed E-state index contributed by atoms with van der Waals surface area (Å²) in [7, 11) is 4.20. The van der Waals surface area contributed by atoms with Crippen LogP contribution < -0.4 is 11.1 Å². The SMILES string of the molecule is CNCCN(C)CCN1CCN(CCN)CC1. The van der Waals surface area contributed by atoms with Gasteiger partial charge in [-0.3, -0.25) is 9.80 Å². The van der Waals surface area contributed by atoms with Gasteiger partial charge in [-0.15, -0.1) is 0 Å². The van der Waals surface area contributed by atoms with Crippen molar-refractivity contribution >= 4 is 0 Å². The number of nitrogens with zero attached hydrogens (tertiary/aromatic N) is 3. The summed E-state index contributed by atoms with van der Waals surface area (Å²) in [6.45, 7) is 11.1. The summed E-state index contributed by atoms with van der Waals surface area (Å²) in [5.74, 6) is 0. The fourth-order valence-electron chi connectivity index (χ4n) is 2.15. The van der Waals surface area contributed by atoms with Crippen LogP contribution in [0.2, 0.25) is 0 Å². The molecule has 1 saturated heterocycles. The summed E-state index contributed by atoms with van der Waals surface area (Å²) in [6, 6.07) is 0. The van der Waals surface area contributed by atoms with Crippen molar-refractivity contribution in [1.29, 1.82) is 0 Å². The quantitative estimate of drug-likeness (QED) is 0.556. The molecule has 0 aliphatic carbocycles. The van der Waals surface area contributed by atoms with Crippen molar-refractivity contribution in [3.63, 3.8) is 0 Å². The lowest BCUT2D eigenvalue weighted by Gasteiger charge is -2.35. The van der Waals surface area contributed by atoms with Gasteiger partial charge in [0, 0.05) is 65.4 Å². The standard InChI is InChI=1S/C12H29N5/c1-14-4-6-15(2)7-8-17-11-9-16(5-3-13)10-12-17/h14H,3-13H2,1-2H3. The minimum Gasteiger partial charge on any atom is -0.329 e. The molecule has 1 aliphatic heterocycles. The number of nitrogens with one attached hydrogen (secondary N) is 1. The Balaban J connectivity index is 2.05. The molecule has 1 heterocycles. The van der Waals surface area contributed by atoms with Gasteiger partial charge in [0.15, 0.2) is 0 Å². The molecule has 0 bridgehead atoms. The Morgan fingerprint density at radius 2 is 1.65 bits per heavy atom. The summed E-state index contributed by atoms with van der Waals surface area (Å²) in [5.41, 5.74) is 5.57. The molecule has 0 spiro atoms. The van der Waals surface area contributed by atoms with E-state index in [2.05, 4.69) is 27.1 Å². The summed E-state index contributed by atoms with van der Waals surface area (Å²) in [4.78, 5) is 7.41. The van der Waals surface area contributed by atoms with Gasteiger partial charge < -0.3 is 16.0 Å². The van der Waals surface area contributed by atoms with E-state index in [1.54, 1.807) is 0 Å². The van der Waals surface area contributed by atoms with Crippen LogP contribution in [0.4, 0.5) is 0 Å². The van der Waals surface area contributed by atoms with E-state index in [0.29, 0.717) is 0 Å². The predicted molar refractivity (Wildman–Crippen MR) is 73.4 cm³/mol. The van der Waals surface area contributed by atoms with E-state index in [1.807, 2.05) is 7.05 Å². The van der Waals surface area contributed by atoms with Gasteiger partial charge in [-0.05, 0) is 14.1 Å². The Labute approximate surface area is 106 Å². The Morgan fingerprint density at radius 3 is 2.18 bits per heavy atom. The van der Waals surface area contributed by atoms with Gasteiger partial charge in [0.1, 0.15) is 0 Å². The van der Waals surface area contributed by atoms with Crippen molar-refractivity contribution < 1.29 is 0 Å². The van der Waals surface area contributed by atoms with Crippen molar-refractivity contribution in [3.05, 3.63) is 0 Å². The van der Waals surface area contributed by atoms with Crippen LogP contribution in [-0.4, -0.2) is 94.2 Å². The van der Waals surface area contributed by atoms with E-state index in [-0.39, 0.29) is 0 Å². The summed E-state index contributed by atoms with van der Waals surface area (Å²) in [6.07, 6.45) is 0. The number of piperazine rings is 1. The first-order valence-corrected chi connectivity index (χ1v) is 6.74. The van der Waals surface area contributed by atoms with Crippen LogP contribution in [0.3, 0.4) is 0 Å². The molecular weight excluding hydrogens is 214 g/mol. The smallest absolute Gasteiger partial charge is 0.0110 e. The van der Waals surface area contributed by atoms with Crippen molar-refractivity contribution in [2.75, 3.05) is 79.5 Å². The van der Waals surface area contributed by atoms with Gasteiger partial charge in [-0.2, -0.15) is 0 Å². The summed E-state index contributed by atoms with van der Waals surface area (Å²) in [5, 5.41) is 3.18. The van der Waals surface area contributed by atoms with Crippen LogP contribution in [0, 0.1) is 0 Å². The van der Waals surface area contributed by atoms with Crippen molar-refractivity contribution in [2.24, 2.45) is 5.73 Å². The van der Waals surface area contributed by atoms with E-state index in [1.165, 1.54) is 39.3 Å². The Morgan fingerprint density at radius 1 is 1.06 bits per heavy atom. The van der Waals surface area contributed by atoms with Gasteiger partial charge in [0.2, 0.25) is 0 Å². The molecule has 0 unspecified atom stereocenters. The fraction of sp³-hybridized carbons (Fsp3) is 1.00. The Hall–Kier alpha value is -0.200. The highest BCUT2D eigenvalue weighted by Gasteiger charge is 2.15. The van der Waals surface area contributed by atoms with Gasteiger partial charge in [0.25, 0.3) is 0 Å². The third kappa shape index (κ3) is 6.33. The number of hydrogen-bond acceptors (Lipinski definition) is 5. The van der Waals surface area contributed by atoms with Crippen molar-refractivity contribution in [2.45, 2.75) is 0 Å². The second-order valence-corrected chi connectivity index (χ2v) is 4.88. The fourth-order valence-corrected chi connectivity index (χ4v) is 2.15. The average Bonchev–Trinajstić information content (AvgIpc) is 2.36. The molecular formula is C12H29N5. The van der Waals surface area contributed by atoms with E-state index in [0.717, 1.165) is 26.2 Å². The van der Waals surface area contributed by atoms with Gasteiger partial charge in [-0.25, -0.2) is 0 Å². The van der Waals surface area contributed by atoms with Crippen LogP contribution in [0.25, 0.3) is 0 Å². The Kier molecular flexibility index (Phi) is 7.72. The molecule has 0 aromatic heterocycles. The maximum Gasteiger partial charge on any atom is 0.0110 e. The van der Waals surface area contributed by atoms with Gasteiger partial charge in [-0.1, -0.05) is 0 Å². The zero-order chi connectivity index (χ0) is 12.5. The zero-order valence-corrected chi connectivity index (χ0v) is 11.5. The third-order valence-electron chi connectivity index (χ3n) is 3.45. The first-order valence-electron chi connectivity index (χ1n) is 6.74. The number of hydrogen-bond donors (Lipinski definition) is 2. The van der Waals surface area contributed by atoms with Crippen LogP contribution in [0.5, 0.6) is 0 Å². The zero-order valence-electron chi connectivity index (χ0n) is 11.5. The average molecular weight is 243 g/mol. The second-order valence-electron chi connectivity index (χ2n) is 4.88. The van der Waals surface area contributed by atoms with Gasteiger partial charge in [0.05, 0.1) is 0 Å². The molecule has 0 atom stereocenters. The first-order chi connectivity index (χ1) is 8.26. The molecule has 0 aromatic carbocycles. The molecule has 1 fully saturated rings. The van der Waals surface area contributed by atoms with Crippen LogP contribution in [0.1, 0.15) is 0 Å². The molecule has 0 radical (unpaired) electrons. The predicted octanol–water partition coefficient (Wildman–Crippen LogP) is -1.29. The van der Waals surface area contributed by atoms with Crippen LogP contribution in [-0.2, 0) is 0 Å². The summed E-state index contributed by atoms with van der Waals surface area (Å²) < 4.78 is 0. The lowest BCUT2D eigenvalue weighted by molar-refractivity contribution is 0.125. The molecule has 102 valence electrons. The normalized spacial score (nSPS) is 19.1. The van der Waals surface area contributed by atoms with Gasteiger partial charge >= 0.3 is 0 Å². The molecule has 5 heteroatoms. The molecule has 5 nitrogen and oxygen atoms in total. The molecule has 17 heavy (non-hydrogen) atoms. The third-order valence-corrected chi connectivity index (χ3v) is 3.45. The van der Waals surface area contributed by atoms with Crippen LogP contribution >= 0.6 is 0 Å². The summed E-state index contributed by atoms with van der Waals surface area (Å²) >= 11 is 0. The highest BCUT2D eigenvalue weighted by molar-refractivity contribution is 4.72. The second kappa shape index (κ2) is 8.83. The van der Waals surface area contributed by atoms with Crippen molar-refractivity contribution in [3.8, 4) is 0 Å². The molecule has 0 amide bonds. The monoisotopic (exact) mass is 243 g/mol. The maximum atomic E-state index is 5.57. The van der Waals surface area contributed by atoms with E-state index in [9.17, 15) is 0 Å². The number of likely N-dealkylation sites (N-methyl/N-ethyl adjacent to an activating group) is 2. The lowest BCUT2D eigenvalue weighted by Crippen LogP contribution is -2.49. The molecule has 0 aromatic rings. The van der Waals surface area contributed by atoms with E-state index in [4.69, 9.17) is 5.73 Å². The topological polar surface area (TPSA) is 47.8 Å². The van der Waals surface area contributed by atoms with E-state index >= 15 is 0 Å². The molecule has 1 aliphatic rings. The number of nitrogens with two attached hydrogens (primary N) is 1. The molecule has 0 saturated carbocycles. The molecule has 3 N–H and O–H groups in total. The Bertz CT molecular complexity index is 180. The molecule has 1 rings (SSSR count). The maximum absolute atomic E-state index is 5.57. The lowest BCUT2D eigenvalue weighted by atomic mass is 10.3. The minimum absolute atomic E-state index is 0.784. The largest absolute Gasteiger partial charge is 0.329 e. The first kappa shape index (κ1) is 14.9. The highest BCUT2D eigenvalue weighted by Crippen LogP contribution is 2.00. The van der Waals surface area contributed by atoms with Crippen LogP contribution in [0.15, 0.2) is 0 Å². The highest BCUT2D eigenvalue weighted by atomic mass is 15.3. The van der Waals surface area contributed by atoms with Crippen molar-refractivity contribution in [1.82, 2.24) is 20.0 Å². The minimum atomic E-state index is 0.784. The van der Waals surface area contributed by atoms with E-state index < -0.39 is 0 Å².